The number of hydrogen-bond donors (Lipinski definition) is 0. The molecule has 0 saturated heterocycles. The molecule has 0 aromatic rings. The van der Waals surface area contributed by atoms with Crippen molar-refractivity contribution in [1.82, 2.24) is 0 Å². The molecule has 0 radical (unpaired) electrons. The average molecular weight is 252 g/mol. The molecule has 0 atom stereocenters. The van der Waals surface area contributed by atoms with Gasteiger partial charge in [0.25, 0.3) is 0 Å². The normalized spacial score (nSPS) is 7.45. The fourth-order valence-electron chi connectivity index (χ4n) is 0. The molecule has 10 heteroatoms. The minimum Gasteiger partial charge on any atom is -0.759 e. The smallest absolute Gasteiger partial charge is 0.759 e. The molecule has 11 heavy (non-hydrogen) atoms. The van der Waals surface area contributed by atoms with Crippen LogP contribution in [0.4, 0.5) is 4.79 Å². The SMILES string of the molecule is O=C([O-])[O-].O=S(=O)([O-])[O-].[Ca+2].[Fe+2]. The maximum absolute atomic E-state index is 8.52. The van der Waals surface area contributed by atoms with E-state index in [0.29, 0.717) is 0 Å². The Morgan fingerprint density at radius 3 is 1.09 bits per heavy atom. The Balaban J connectivity index is -0.0000000383. The van der Waals surface area contributed by atoms with Crippen LogP contribution in [0.5, 0.6) is 0 Å². The molecule has 0 fully saturated rings. The Labute approximate surface area is 103 Å². The zero-order chi connectivity index (χ0) is 8.08. The standard InChI is InChI=1S/CH2O3.Ca.Fe.H2O4S/c2-1(3)4;;;1-5(2,3)4/h(H2,2,3,4);;;(H2,1,2,3,4)/q;2*+2;/p-4. The summed E-state index contributed by atoms with van der Waals surface area (Å²) in [5, 5.41) is 16.7. The minimum absolute atomic E-state index is 0. The van der Waals surface area contributed by atoms with Crippen molar-refractivity contribution < 1.29 is 49.6 Å². The van der Waals surface area contributed by atoms with Gasteiger partial charge >= 0.3 is 54.8 Å². The van der Waals surface area contributed by atoms with Crippen LogP contribution in [0.25, 0.3) is 0 Å². The summed E-state index contributed by atoms with van der Waals surface area (Å²) in [5.74, 6) is 0. The summed E-state index contributed by atoms with van der Waals surface area (Å²) < 4.78 is 34.1. The fourth-order valence-corrected chi connectivity index (χ4v) is 0. The van der Waals surface area contributed by atoms with Crippen LogP contribution in [0.1, 0.15) is 0 Å². The van der Waals surface area contributed by atoms with Crippen LogP contribution in [-0.4, -0.2) is 61.4 Å². The van der Waals surface area contributed by atoms with Gasteiger partial charge in [0.1, 0.15) is 0 Å². The maximum Gasteiger partial charge on any atom is 2.00 e. The predicted molar refractivity (Wildman–Crippen MR) is 21.6 cm³/mol. The summed E-state index contributed by atoms with van der Waals surface area (Å²) >= 11 is 0. The maximum atomic E-state index is 8.52. The largest absolute Gasteiger partial charge is 2.00 e. The first-order valence-corrected chi connectivity index (χ1v) is 2.61. The number of carboxylic acid groups (broad SMARTS) is 2. The molecular formula is CCaFeO7S. The molecule has 0 unspecified atom stereocenters. The van der Waals surface area contributed by atoms with Crippen molar-refractivity contribution in [3.63, 3.8) is 0 Å². The van der Waals surface area contributed by atoms with Gasteiger partial charge in [-0.25, -0.2) is 0 Å². The van der Waals surface area contributed by atoms with E-state index in [2.05, 4.69) is 0 Å². The Hall–Kier alpha value is 0.919. The second-order valence-corrected chi connectivity index (χ2v) is 1.47. The number of carbonyl (C=O) groups excluding carboxylic acids is 1. The van der Waals surface area contributed by atoms with E-state index in [-0.39, 0.29) is 54.8 Å². The van der Waals surface area contributed by atoms with E-state index >= 15 is 0 Å². The third kappa shape index (κ3) is 1030. The molecule has 7 nitrogen and oxygen atoms in total. The Morgan fingerprint density at radius 1 is 1.09 bits per heavy atom. The Kier molecular flexibility index (Phi) is 22.5. The summed E-state index contributed by atoms with van der Waals surface area (Å²) in [5.41, 5.74) is 0. The molecular weight excluding hydrogens is 252 g/mol. The second kappa shape index (κ2) is 10.9. The summed E-state index contributed by atoms with van der Waals surface area (Å²) in [4.78, 5) is 8.33. The summed E-state index contributed by atoms with van der Waals surface area (Å²) in [6.45, 7) is 0. The van der Waals surface area contributed by atoms with Crippen LogP contribution >= 0.6 is 0 Å². The van der Waals surface area contributed by atoms with E-state index in [0.717, 1.165) is 0 Å². The van der Waals surface area contributed by atoms with Gasteiger partial charge in [-0.3, -0.25) is 8.42 Å². The van der Waals surface area contributed by atoms with Crippen LogP contribution in [0.2, 0.25) is 0 Å². The summed E-state index contributed by atoms with van der Waals surface area (Å²) in [6.07, 6.45) is -2.33. The molecule has 0 rings (SSSR count). The van der Waals surface area contributed by atoms with Crippen molar-refractivity contribution in [2.24, 2.45) is 0 Å². The number of carbonyl (C=O) groups is 1. The van der Waals surface area contributed by atoms with Gasteiger partial charge in [0, 0.05) is 10.4 Å². The van der Waals surface area contributed by atoms with Crippen molar-refractivity contribution in [3.05, 3.63) is 0 Å². The third-order valence-corrected chi connectivity index (χ3v) is 0. The second-order valence-electron chi connectivity index (χ2n) is 0.658. The van der Waals surface area contributed by atoms with E-state index < -0.39 is 16.6 Å². The molecule has 0 heterocycles. The molecule has 0 aliphatic heterocycles. The van der Waals surface area contributed by atoms with Crippen molar-refractivity contribution in [1.29, 1.82) is 0 Å². The van der Waals surface area contributed by atoms with Gasteiger partial charge in [-0.05, 0) is 6.16 Å². The molecule has 0 aliphatic rings. The fraction of sp³-hybridized carbons (Fsp3) is 0. The first kappa shape index (κ1) is 22.7. The van der Waals surface area contributed by atoms with E-state index in [1.807, 2.05) is 0 Å². The van der Waals surface area contributed by atoms with Crippen molar-refractivity contribution >= 4 is 54.3 Å². The Bertz CT molecular complexity index is 161. The first-order valence-electron chi connectivity index (χ1n) is 1.28. The molecule has 0 aliphatic carbocycles. The van der Waals surface area contributed by atoms with E-state index in [1.54, 1.807) is 0 Å². The van der Waals surface area contributed by atoms with E-state index in [1.165, 1.54) is 0 Å². The van der Waals surface area contributed by atoms with Crippen LogP contribution in [0.3, 0.4) is 0 Å². The molecule has 0 saturated carbocycles. The van der Waals surface area contributed by atoms with Crippen LogP contribution in [0, 0.1) is 0 Å². The van der Waals surface area contributed by atoms with Crippen LogP contribution in [-0.2, 0) is 27.5 Å². The van der Waals surface area contributed by atoms with Crippen molar-refractivity contribution in [3.8, 4) is 0 Å². The van der Waals surface area contributed by atoms with Gasteiger partial charge in [0.15, 0.2) is 0 Å². The molecule has 0 N–H and O–H groups in total. The quantitative estimate of drug-likeness (QED) is 0.241. The number of rotatable bonds is 0. The molecule has 0 amide bonds. The van der Waals surface area contributed by atoms with Gasteiger partial charge in [0.05, 0.1) is 0 Å². The first-order chi connectivity index (χ1) is 3.73. The van der Waals surface area contributed by atoms with Crippen LogP contribution in [0.15, 0.2) is 0 Å². The summed E-state index contributed by atoms with van der Waals surface area (Å²) in [6, 6.07) is 0. The zero-order valence-corrected chi connectivity index (χ0v) is 8.96. The van der Waals surface area contributed by atoms with Crippen molar-refractivity contribution in [2.75, 3.05) is 0 Å². The third-order valence-electron chi connectivity index (χ3n) is 0. The van der Waals surface area contributed by atoms with Gasteiger partial charge in [-0.2, -0.15) is 0 Å². The molecule has 0 aromatic carbocycles. The Morgan fingerprint density at radius 2 is 1.09 bits per heavy atom. The molecule has 0 aromatic heterocycles. The van der Waals surface area contributed by atoms with Crippen molar-refractivity contribution in [2.45, 2.75) is 0 Å². The molecule has 62 valence electrons. The molecule has 0 bridgehead atoms. The van der Waals surface area contributed by atoms with Gasteiger partial charge in [0.2, 0.25) is 0 Å². The van der Waals surface area contributed by atoms with Gasteiger partial charge in [-0.15, -0.1) is 0 Å². The summed E-state index contributed by atoms with van der Waals surface area (Å²) in [7, 11) is -5.17. The number of hydrogen-bond acceptors (Lipinski definition) is 7. The predicted octanol–water partition coefficient (Wildman–Crippen LogP) is -4.17. The topological polar surface area (TPSA) is 143 Å². The van der Waals surface area contributed by atoms with Gasteiger partial charge in [-0.1, -0.05) is 0 Å². The zero-order valence-electron chi connectivity index (χ0n) is 4.83. The van der Waals surface area contributed by atoms with E-state index in [9.17, 15) is 0 Å². The molecule has 0 spiro atoms. The van der Waals surface area contributed by atoms with Gasteiger partial charge < -0.3 is 24.1 Å². The average Bonchev–Trinajstić information content (AvgIpc) is 1.19. The monoisotopic (exact) mass is 252 g/mol. The van der Waals surface area contributed by atoms with Crippen LogP contribution < -0.4 is 10.2 Å². The minimum atomic E-state index is -5.17. The van der Waals surface area contributed by atoms with E-state index in [4.69, 9.17) is 32.5 Å².